The number of nitrogens with one attached hydrogen (secondary N) is 1. The van der Waals surface area contributed by atoms with Gasteiger partial charge in [0, 0.05) is 37.4 Å². The maximum absolute atomic E-state index is 12.3. The number of rotatable bonds is 3. The van der Waals surface area contributed by atoms with Crippen LogP contribution in [-0.2, 0) is 4.74 Å². The van der Waals surface area contributed by atoms with Crippen molar-refractivity contribution in [2.75, 3.05) is 37.4 Å². The van der Waals surface area contributed by atoms with Gasteiger partial charge in [-0.25, -0.2) is 4.79 Å². The molecule has 2 heterocycles. The fourth-order valence-corrected chi connectivity index (χ4v) is 4.02. The van der Waals surface area contributed by atoms with E-state index in [1.54, 1.807) is 0 Å². The van der Waals surface area contributed by atoms with Crippen molar-refractivity contribution in [2.24, 2.45) is 0 Å². The Morgan fingerprint density at radius 1 is 1.36 bits per heavy atom. The Hall–Kier alpha value is -1.40. The molecule has 0 aliphatic carbocycles. The summed E-state index contributed by atoms with van der Waals surface area (Å²) < 4.78 is 11.3. The zero-order valence-corrected chi connectivity index (χ0v) is 13.7. The summed E-state index contributed by atoms with van der Waals surface area (Å²) in [7, 11) is 0. The van der Waals surface area contributed by atoms with Crippen LogP contribution in [0.3, 0.4) is 0 Å². The lowest BCUT2D eigenvalue weighted by Gasteiger charge is -2.37. The van der Waals surface area contributed by atoms with Crippen molar-refractivity contribution < 1.29 is 14.3 Å². The van der Waals surface area contributed by atoms with E-state index in [9.17, 15) is 4.79 Å². The van der Waals surface area contributed by atoms with Crippen LogP contribution in [-0.4, -0.2) is 47.9 Å². The van der Waals surface area contributed by atoms with Gasteiger partial charge < -0.3 is 19.7 Å². The number of anilines is 1. The predicted molar refractivity (Wildman–Crippen MR) is 88.6 cm³/mol. The number of benzene rings is 1. The minimum atomic E-state index is -0.0398. The first-order valence-electron chi connectivity index (χ1n) is 7.77. The van der Waals surface area contributed by atoms with Crippen LogP contribution in [0.4, 0.5) is 10.5 Å². The van der Waals surface area contributed by atoms with E-state index in [0.29, 0.717) is 6.61 Å². The number of thioether (sulfide) groups is 1. The summed E-state index contributed by atoms with van der Waals surface area (Å²) in [5, 5.41) is 2.94. The van der Waals surface area contributed by atoms with Gasteiger partial charge in [-0.1, -0.05) is 0 Å². The van der Waals surface area contributed by atoms with Crippen molar-refractivity contribution in [3.05, 3.63) is 24.3 Å². The maximum atomic E-state index is 12.3. The van der Waals surface area contributed by atoms with Crippen molar-refractivity contribution in [1.29, 1.82) is 0 Å². The van der Waals surface area contributed by atoms with Crippen molar-refractivity contribution in [1.82, 2.24) is 4.90 Å². The molecular formula is C16H22N2O3S. The molecule has 22 heavy (non-hydrogen) atoms. The number of hydrogen-bond acceptors (Lipinski definition) is 4. The monoisotopic (exact) mass is 322 g/mol. The van der Waals surface area contributed by atoms with E-state index in [2.05, 4.69) is 5.32 Å². The number of nitrogens with zero attached hydrogens (tertiary/aromatic N) is 1. The second-order valence-electron chi connectivity index (χ2n) is 5.48. The molecule has 5 nitrogen and oxygen atoms in total. The lowest BCUT2D eigenvalue weighted by atomic mass is 10.1. The molecule has 120 valence electrons. The zero-order valence-electron chi connectivity index (χ0n) is 12.8. The van der Waals surface area contributed by atoms with Crippen LogP contribution in [0.15, 0.2) is 24.3 Å². The topological polar surface area (TPSA) is 50.8 Å². The zero-order chi connectivity index (χ0) is 15.4. The Kier molecular flexibility index (Phi) is 4.78. The van der Waals surface area contributed by atoms with E-state index in [1.807, 2.05) is 47.9 Å². The molecule has 2 amide bonds. The third-order valence-corrected chi connectivity index (χ3v) is 5.47. The summed E-state index contributed by atoms with van der Waals surface area (Å²) in [6.45, 7) is 4.92. The highest BCUT2D eigenvalue weighted by Gasteiger charge is 2.40. The predicted octanol–water partition coefficient (Wildman–Crippen LogP) is 3.17. The average Bonchev–Trinajstić information content (AvgIpc) is 2.98. The van der Waals surface area contributed by atoms with Gasteiger partial charge in [0.2, 0.25) is 0 Å². The molecule has 2 aliphatic heterocycles. The molecule has 1 spiro atoms. The van der Waals surface area contributed by atoms with Gasteiger partial charge in [0.25, 0.3) is 0 Å². The highest BCUT2D eigenvalue weighted by atomic mass is 32.2. The van der Waals surface area contributed by atoms with Gasteiger partial charge in [-0.2, -0.15) is 0 Å². The molecule has 0 radical (unpaired) electrons. The van der Waals surface area contributed by atoms with E-state index in [1.165, 1.54) is 0 Å². The normalized spacial score (nSPS) is 20.1. The molecule has 1 aromatic rings. The summed E-state index contributed by atoms with van der Waals surface area (Å²) in [4.78, 5) is 14.2. The van der Waals surface area contributed by atoms with Gasteiger partial charge >= 0.3 is 6.03 Å². The smallest absolute Gasteiger partial charge is 0.321 e. The molecule has 2 aliphatic rings. The highest BCUT2D eigenvalue weighted by molar-refractivity contribution is 8.00. The molecule has 0 unspecified atom stereocenters. The molecule has 6 heteroatoms. The van der Waals surface area contributed by atoms with Gasteiger partial charge in [-0.3, -0.25) is 0 Å². The maximum Gasteiger partial charge on any atom is 0.321 e. The molecule has 1 N–H and O–H groups in total. The third-order valence-electron chi connectivity index (χ3n) is 4.04. The van der Waals surface area contributed by atoms with Gasteiger partial charge in [-0.05, 0) is 31.2 Å². The number of carbonyl (C=O) groups excluding carboxylic acids is 1. The van der Waals surface area contributed by atoms with Crippen molar-refractivity contribution in [3.8, 4) is 5.75 Å². The van der Waals surface area contributed by atoms with Crippen molar-refractivity contribution >= 4 is 23.5 Å². The van der Waals surface area contributed by atoms with Crippen molar-refractivity contribution in [2.45, 2.75) is 24.7 Å². The Balaban J connectivity index is 1.52. The first-order chi connectivity index (χ1) is 10.7. The Morgan fingerprint density at radius 3 is 2.68 bits per heavy atom. The van der Waals surface area contributed by atoms with Crippen LogP contribution in [0.5, 0.6) is 5.75 Å². The second kappa shape index (κ2) is 6.79. The van der Waals surface area contributed by atoms with E-state index in [0.717, 1.165) is 49.7 Å². The summed E-state index contributed by atoms with van der Waals surface area (Å²) in [5.41, 5.74) is 0.792. The standard InChI is InChI=1S/C16H22N2O3S/c1-2-20-14-5-3-13(4-6-14)17-15(19)18-9-7-16(8-10-18)21-11-12-22-16/h3-6H,2,7-12H2,1H3,(H,17,19). The van der Waals surface area contributed by atoms with E-state index in [-0.39, 0.29) is 11.0 Å². The molecule has 2 fully saturated rings. The summed E-state index contributed by atoms with van der Waals surface area (Å²) in [5.74, 6) is 1.88. The van der Waals surface area contributed by atoms with Crippen LogP contribution in [0, 0.1) is 0 Å². The second-order valence-corrected chi connectivity index (χ2v) is 6.92. The van der Waals surface area contributed by atoms with Crippen LogP contribution in [0.1, 0.15) is 19.8 Å². The van der Waals surface area contributed by atoms with E-state index in [4.69, 9.17) is 9.47 Å². The van der Waals surface area contributed by atoms with Crippen LogP contribution >= 0.6 is 11.8 Å². The lowest BCUT2D eigenvalue weighted by Crippen LogP contribution is -2.46. The Bertz CT molecular complexity index is 505. The van der Waals surface area contributed by atoms with Crippen LogP contribution < -0.4 is 10.1 Å². The highest BCUT2D eigenvalue weighted by Crippen LogP contribution is 2.41. The quantitative estimate of drug-likeness (QED) is 0.928. The molecule has 0 bridgehead atoms. The molecule has 0 atom stereocenters. The van der Waals surface area contributed by atoms with Gasteiger partial charge in [0.05, 0.1) is 13.2 Å². The first-order valence-corrected chi connectivity index (χ1v) is 8.76. The molecule has 0 aromatic heterocycles. The molecule has 3 rings (SSSR count). The van der Waals surface area contributed by atoms with Gasteiger partial charge in [0.1, 0.15) is 10.7 Å². The Morgan fingerprint density at radius 2 is 2.09 bits per heavy atom. The summed E-state index contributed by atoms with van der Waals surface area (Å²) in [6, 6.07) is 7.43. The number of hydrogen-bond donors (Lipinski definition) is 1. The van der Waals surface area contributed by atoms with Gasteiger partial charge in [0.15, 0.2) is 0 Å². The Labute approximate surface area is 135 Å². The molecule has 0 saturated carbocycles. The fraction of sp³-hybridized carbons (Fsp3) is 0.562. The number of likely N-dealkylation sites (tertiary alicyclic amines) is 1. The third kappa shape index (κ3) is 3.50. The molecule has 2 saturated heterocycles. The average molecular weight is 322 g/mol. The minimum Gasteiger partial charge on any atom is -0.494 e. The number of carbonyl (C=O) groups is 1. The van der Waals surface area contributed by atoms with Crippen LogP contribution in [0.25, 0.3) is 0 Å². The van der Waals surface area contributed by atoms with E-state index >= 15 is 0 Å². The first kappa shape index (κ1) is 15.5. The SMILES string of the molecule is CCOc1ccc(NC(=O)N2CCC3(CC2)OCCS3)cc1. The van der Waals surface area contributed by atoms with Crippen molar-refractivity contribution in [3.63, 3.8) is 0 Å². The lowest BCUT2D eigenvalue weighted by molar-refractivity contribution is 0.0105. The summed E-state index contributed by atoms with van der Waals surface area (Å²) >= 11 is 1.90. The largest absolute Gasteiger partial charge is 0.494 e. The number of piperidine rings is 1. The molecular weight excluding hydrogens is 300 g/mol. The summed E-state index contributed by atoms with van der Waals surface area (Å²) in [6.07, 6.45) is 1.82. The van der Waals surface area contributed by atoms with E-state index < -0.39 is 0 Å². The molecule has 1 aromatic carbocycles. The number of urea groups is 1. The van der Waals surface area contributed by atoms with Crippen LogP contribution in [0.2, 0.25) is 0 Å². The number of ether oxygens (including phenoxy) is 2. The minimum absolute atomic E-state index is 0.0318. The van der Waals surface area contributed by atoms with Gasteiger partial charge in [-0.15, -0.1) is 11.8 Å². The number of amides is 2. The fourth-order valence-electron chi connectivity index (χ4n) is 2.84.